The highest BCUT2D eigenvalue weighted by molar-refractivity contribution is 7.85. The molecule has 2 nitrogen and oxygen atoms in total. The molecule has 4 heteroatoms. The number of hydrogen-bond acceptors (Lipinski definition) is 2. The van der Waals surface area contributed by atoms with Crippen LogP contribution in [0.25, 0.3) is 44.5 Å². The highest BCUT2D eigenvalue weighted by atomic mass is 31.2. The summed E-state index contributed by atoms with van der Waals surface area (Å²) in [7, 11) is -7.08. The summed E-state index contributed by atoms with van der Waals surface area (Å²) >= 11 is 0. The Morgan fingerprint density at radius 3 is 0.923 bits per heavy atom. The molecule has 0 bridgehead atoms. The topological polar surface area (TPSA) is 34.1 Å². The van der Waals surface area contributed by atoms with Gasteiger partial charge in [-0.15, -0.1) is 0 Å². The summed E-state index contributed by atoms with van der Waals surface area (Å²) in [4.78, 5) is 0. The van der Waals surface area contributed by atoms with Crippen molar-refractivity contribution in [3.63, 3.8) is 0 Å². The summed E-state index contributed by atoms with van der Waals surface area (Å²) in [6.45, 7) is 0. The first kappa shape index (κ1) is 27.1. The monoisotopic (exact) mass is 882 g/mol. The Morgan fingerprint density at radius 1 is 0.292 bits per heavy atom. The van der Waals surface area contributed by atoms with Gasteiger partial charge < -0.3 is 9.13 Å². The van der Waals surface area contributed by atoms with Crippen molar-refractivity contribution in [2.24, 2.45) is 0 Å². The lowest BCUT2D eigenvalue weighted by molar-refractivity contribution is 0.591. The molecule has 0 saturated carbocycles. The van der Waals surface area contributed by atoms with Crippen molar-refractivity contribution in [3.8, 4) is 44.5 Å². The molecule has 0 saturated heterocycles. The van der Waals surface area contributed by atoms with Crippen LogP contribution < -0.4 is 31.8 Å². The van der Waals surface area contributed by atoms with Gasteiger partial charge in [0.05, 0.1) is 24.6 Å². The first-order valence-electron chi connectivity index (χ1n) is 28.0. The maximum Gasteiger partial charge on any atom is 0.171 e. The highest BCUT2D eigenvalue weighted by Crippen LogP contribution is 2.63. The van der Waals surface area contributed by atoms with Crippen LogP contribution in [0.4, 0.5) is 0 Å². The molecular formula is C61H42O2P2. The molecule has 2 aliphatic rings. The molecule has 12 rings (SSSR count). The van der Waals surface area contributed by atoms with Crippen molar-refractivity contribution in [3.05, 3.63) is 277 Å². The molecule has 10 aromatic carbocycles. The van der Waals surface area contributed by atoms with Crippen LogP contribution in [0.15, 0.2) is 254 Å². The fraction of sp³-hybridized carbons (Fsp3) is 0.0164. The van der Waals surface area contributed by atoms with Crippen LogP contribution in [0.1, 0.15) is 41.4 Å². The van der Waals surface area contributed by atoms with Crippen LogP contribution >= 0.6 is 14.3 Å². The zero-order valence-electron chi connectivity index (χ0n) is 48.4. The fourth-order valence-corrected chi connectivity index (χ4v) is 14.8. The van der Waals surface area contributed by atoms with E-state index in [1.165, 1.54) is 0 Å². The predicted octanol–water partition coefficient (Wildman–Crippen LogP) is 12.6. The Balaban J connectivity index is 1.17. The molecule has 308 valence electrons. The van der Waals surface area contributed by atoms with Gasteiger partial charge in [-0.2, -0.15) is 0 Å². The smallest absolute Gasteiger partial charge is 0.171 e. The van der Waals surface area contributed by atoms with Crippen molar-refractivity contribution >= 4 is 46.1 Å². The predicted molar refractivity (Wildman–Crippen MR) is 272 cm³/mol. The second-order valence-electron chi connectivity index (χ2n) is 15.9. The van der Waals surface area contributed by atoms with E-state index in [4.69, 9.17) is 5.48 Å². The lowest BCUT2D eigenvalue weighted by atomic mass is 9.70. The molecule has 0 unspecified atom stereocenters. The number of fused-ring (bicyclic) bond motifs is 10. The van der Waals surface area contributed by atoms with E-state index in [0.717, 1.165) is 0 Å². The van der Waals surface area contributed by atoms with E-state index >= 15 is 9.13 Å². The van der Waals surface area contributed by atoms with Crippen LogP contribution in [0, 0.1) is 0 Å². The maximum atomic E-state index is 15.5. The third kappa shape index (κ3) is 5.95. The van der Waals surface area contributed by atoms with Gasteiger partial charge >= 0.3 is 0 Å². The second-order valence-corrected chi connectivity index (χ2v) is 21.4. The molecule has 0 atom stereocenters. The van der Waals surface area contributed by atoms with Crippen molar-refractivity contribution in [2.75, 3.05) is 0 Å². The average molecular weight is 883 g/mol. The van der Waals surface area contributed by atoms with E-state index in [-0.39, 0.29) is 66.8 Å². The highest BCUT2D eigenvalue weighted by Gasteiger charge is 2.51. The van der Waals surface area contributed by atoms with E-state index in [1.807, 2.05) is 24.3 Å². The quantitative estimate of drug-likeness (QED) is 0.143. The van der Waals surface area contributed by atoms with Gasteiger partial charge in [0.2, 0.25) is 0 Å². The van der Waals surface area contributed by atoms with Gasteiger partial charge in [0.15, 0.2) is 14.3 Å². The largest absolute Gasteiger partial charge is 0.309 e. The van der Waals surface area contributed by atoms with Crippen LogP contribution in [0.2, 0.25) is 0 Å². The van der Waals surface area contributed by atoms with Crippen molar-refractivity contribution in [1.29, 1.82) is 0 Å². The van der Waals surface area contributed by atoms with Crippen LogP contribution in [-0.2, 0) is 14.5 Å². The van der Waals surface area contributed by atoms with Gasteiger partial charge in [-0.25, -0.2) is 0 Å². The van der Waals surface area contributed by atoms with Gasteiger partial charge in [-0.1, -0.05) is 242 Å². The van der Waals surface area contributed by atoms with Gasteiger partial charge in [0, 0.05) is 31.8 Å². The normalized spacial score (nSPS) is 16.2. The second kappa shape index (κ2) is 15.4. The molecule has 0 heterocycles. The van der Waals surface area contributed by atoms with Gasteiger partial charge in [-0.3, -0.25) is 0 Å². The molecule has 1 spiro atoms. The van der Waals surface area contributed by atoms with E-state index in [2.05, 4.69) is 0 Å². The maximum absolute atomic E-state index is 15.5. The molecule has 0 amide bonds. The molecule has 0 N–H and O–H groups in total. The summed E-state index contributed by atoms with van der Waals surface area (Å²) in [5, 5.41) is 3.03. The molecule has 0 fully saturated rings. The lowest BCUT2D eigenvalue weighted by Crippen LogP contribution is -2.26. The Morgan fingerprint density at radius 2 is 0.585 bits per heavy atom. The minimum Gasteiger partial charge on any atom is -0.309 e. The SMILES string of the molecule is [2H]c1c([2H])c([2H])c2c(c1[2H])-c1c([2H])c([2H])c(-c3ccc(P(=O)(c4ccccc4)c4ccccc4)cc3)c([2H])c1C21c2c([2H])c([2H])c([2H])c([2H])c2-c2c([2H])c([2H])c(-c3ccc(P(=O)(c4ccccc4)c4ccccc4)cc3)c([2H])c21. The minimum atomic E-state index is -3.54. The molecule has 2 aliphatic carbocycles. The van der Waals surface area contributed by atoms with Gasteiger partial charge in [0.25, 0.3) is 0 Å². The zero-order chi connectivity index (χ0) is 55.8. The Labute approximate surface area is 400 Å². The summed E-state index contributed by atoms with van der Waals surface area (Å²) in [5.41, 5.74) is -4.95. The molecule has 0 radical (unpaired) electrons. The van der Waals surface area contributed by atoms with Crippen molar-refractivity contribution in [2.45, 2.75) is 5.41 Å². The molecule has 0 aromatic heterocycles. The fourth-order valence-electron chi connectivity index (χ4n) is 9.47. The van der Waals surface area contributed by atoms with Crippen molar-refractivity contribution < 1.29 is 28.3 Å². The minimum absolute atomic E-state index is 0.172. The Bertz CT molecular complexity index is 3970. The molecule has 10 aromatic rings. The summed E-state index contributed by atoms with van der Waals surface area (Å²) in [6, 6.07) is 39.6. The average Bonchev–Trinajstić information content (AvgIpc) is 3.25. The molecule has 65 heavy (non-hydrogen) atoms. The molecule has 0 aliphatic heterocycles. The third-order valence-electron chi connectivity index (χ3n) is 12.5. The van der Waals surface area contributed by atoms with Gasteiger partial charge in [-0.05, 0) is 78.8 Å². The number of benzene rings is 10. The van der Waals surface area contributed by atoms with Crippen molar-refractivity contribution in [1.82, 2.24) is 0 Å². The van der Waals surface area contributed by atoms with E-state index in [0.29, 0.717) is 31.8 Å². The first-order chi connectivity index (χ1) is 37.8. The van der Waals surface area contributed by atoms with Gasteiger partial charge in [0.1, 0.15) is 0 Å². The van der Waals surface area contributed by atoms with Crippen LogP contribution in [0.3, 0.4) is 0 Å². The Kier molecular flexibility index (Phi) is 6.43. The van der Waals surface area contributed by atoms with Crippen LogP contribution in [0.5, 0.6) is 0 Å². The Hall–Kier alpha value is -7.34. The lowest BCUT2D eigenvalue weighted by Gasteiger charge is -2.31. The number of hydrogen-bond donors (Lipinski definition) is 0. The standard InChI is InChI=1S/C61H42O2P2/c62-64(47-17-5-1-6-18-47,48-19-7-2-8-20-48)51-35-29-43(30-36-51)45-33-39-55-53-25-13-15-27-57(53)61(59(55)41-45)58-28-16-14-26-54(58)56-40-34-46(42-60(56)61)44-31-37-52(38-32-44)65(63,49-21-9-3-10-22-49)50-23-11-4-12-24-50/h1-42H/i13D,14D,15D,16D,25D,26D,27D,28D,33D,34D,39D,40D,41D,42D. The first-order valence-corrected chi connectivity index (χ1v) is 24.4. The molecular weight excluding hydrogens is 827 g/mol. The number of rotatable bonds is 8. The summed E-state index contributed by atoms with van der Waals surface area (Å²) in [5.74, 6) is 0. The zero-order valence-corrected chi connectivity index (χ0v) is 36.2. The van der Waals surface area contributed by atoms with Crippen LogP contribution in [-0.4, -0.2) is 0 Å². The third-order valence-corrected chi connectivity index (χ3v) is 18.7. The summed E-state index contributed by atoms with van der Waals surface area (Å²) < 4.78 is 166. The van der Waals surface area contributed by atoms with E-state index in [9.17, 15) is 13.7 Å². The summed E-state index contributed by atoms with van der Waals surface area (Å²) in [6.07, 6.45) is 0. The van der Waals surface area contributed by atoms with E-state index < -0.39 is 104 Å². The van der Waals surface area contributed by atoms with E-state index in [1.54, 1.807) is 146 Å².